The van der Waals surface area contributed by atoms with Crippen LogP contribution in [0.1, 0.15) is 39.2 Å². The molecule has 3 rings (SSSR count). The minimum atomic E-state index is 0.0573. The fourth-order valence-corrected chi connectivity index (χ4v) is 4.63. The lowest BCUT2D eigenvalue weighted by Crippen LogP contribution is -2.54. The van der Waals surface area contributed by atoms with Crippen molar-refractivity contribution in [2.75, 3.05) is 46.4 Å². The second kappa shape index (κ2) is 10.3. The zero-order chi connectivity index (χ0) is 20.8. The molecule has 2 saturated heterocycles. The van der Waals surface area contributed by atoms with E-state index in [1.807, 2.05) is 23.1 Å². The minimum absolute atomic E-state index is 0.0573. The highest BCUT2D eigenvalue weighted by atomic mass is 16.5. The van der Waals surface area contributed by atoms with Gasteiger partial charge in [-0.25, -0.2) is 4.79 Å². The van der Waals surface area contributed by atoms with Crippen LogP contribution < -0.4 is 10.1 Å². The van der Waals surface area contributed by atoms with E-state index < -0.39 is 0 Å². The number of piperazine rings is 1. The number of methoxy groups -OCH3 is 1. The van der Waals surface area contributed by atoms with Gasteiger partial charge in [0.25, 0.3) is 0 Å². The van der Waals surface area contributed by atoms with Crippen LogP contribution in [0.3, 0.4) is 0 Å². The maximum absolute atomic E-state index is 12.6. The van der Waals surface area contributed by atoms with Gasteiger partial charge in [-0.05, 0) is 57.7 Å². The van der Waals surface area contributed by atoms with Gasteiger partial charge in [-0.1, -0.05) is 12.1 Å². The van der Waals surface area contributed by atoms with Crippen LogP contribution in [0.25, 0.3) is 0 Å². The van der Waals surface area contributed by atoms with Crippen molar-refractivity contribution >= 4 is 6.03 Å². The highest BCUT2D eigenvalue weighted by molar-refractivity contribution is 5.74. The zero-order valence-electron chi connectivity index (χ0n) is 18.6. The van der Waals surface area contributed by atoms with E-state index in [0.29, 0.717) is 12.1 Å². The third-order valence-corrected chi connectivity index (χ3v) is 6.51. The number of carbonyl (C=O) groups excluding carboxylic acids is 1. The molecule has 29 heavy (non-hydrogen) atoms. The number of nitrogens with zero attached hydrogens (tertiary/aromatic N) is 3. The van der Waals surface area contributed by atoms with E-state index in [9.17, 15) is 4.79 Å². The highest BCUT2D eigenvalue weighted by Crippen LogP contribution is 2.23. The van der Waals surface area contributed by atoms with E-state index in [-0.39, 0.29) is 12.1 Å². The van der Waals surface area contributed by atoms with Gasteiger partial charge >= 0.3 is 6.03 Å². The first-order chi connectivity index (χ1) is 14.0. The largest absolute Gasteiger partial charge is 0.497 e. The van der Waals surface area contributed by atoms with Crippen molar-refractivity contribution < 1.29 is 9.53 Å². The third-order valence-electron chi connectivity index (χ3n) is 6.51. The number of rotatable bonds is 7. The van der Waals surface area contributed by atoms with Gasteiger partial charge in [-0.3, -0.25) is 9.80 Å². The molecule has 0 saturated carbocycles. The lowest BCUT2D eigenvalue weighted by atomic mass is 10.1. The summed E-state index contributed by atoms with van der Waals surface area (Å²) in [5, 5.41) is 3.16. The van der Waals surface area contributed by atoms with Crippen molar-refractivity contribution in [3.8, 4) is 5.75 Å². The van der Waals surface area contributed by atoms with Gasteiger partial charge in [0.05, 0.1) is 7.11 Å². The molecule has 3 unspecified atom stereocenters. The van der Waals surface area contributed by atoms with E-state index in [2.05, 4.69) is 42.0 Å². The summed E-state index contributed by atoms with van der Waals surface area (Å²) < 4.78 is 5.28. The van der Waals surface area contributed by atoms with E-state index >= 15 is 0 Å². The summed E-state index contributed by atoms with van der Waals surface area (Å²) in [6, 6.07) is 9.61. The molecule has 3 atom stereocenters. The fraction of sp³-hybridized carbons (Fsp3) is 0.696. The molecular formula is C23H38N4O2. The molecule has 6 nitrogen and oxygen atoms in total. The molecule has 1 aromatic carbocycles. The normalized spacial score (nSPS) is 24.5. The highest BCUT2D eigenvalue weighted by Gasteiger charge is 2.28. The number of carbonyl (C=O) groups is 1. The molecule has 0 aromatic heterocycles. The zero-order valence-corrected chi connectivity index (χ0v) is 18.6. The number of benzene rings is 1. The van der Waals surface area contributed by atoms with Gasteiger partial charge < -0.3 is 15.0 Å². The number of hydrogen-bond donors (Lipinski definition) is 1. The number of amides is 2. The summed E-state index contributed by atoms with van der Waals surface area (Å²) >= 11 is 0. The summed E-state index contributed by atoms with van der Waals surface area (Å²) in [7, 11) is 1.68. The van der Waals surface area contributed by atoms with Gasteiger partial charge in [0.2, 0.25) is 0 Å². The molecule has 162 valence electrons. The molecule has 0 spiro atoms. The van der Waals surface area contributed by atoms with E-state index in [0.717, 1.165) is 51.4 Å². The van der Waals surface area contributed by atoms with Gasteiger partial charge in [0, 0.05) is 57.4 Å². The van der Waals surface area contributed by atoms with Crippen LogP contribution in [0.5, 0.6) is 5.75 Å². The topological polar surface area (TPSA) is 48.1 Å². The van der Waals surface area contributed by atoms with Crippen molar-refractivity contribution in [2.45, 2.75) is 58.2 Å². The average Bonchev–Trinajstić information content (AvgIpc) is 3.04. The Labute approximate surface area is 176 Å². The Hall–Kier alpha value is -1.79. The Bertz CT molecular complexity index is 650. The van der Waals surface area contributed by atoms with E-state index in [4.69, 9.17) is 4.74 Å². The third kappa shape index (κ3) is 6.09. The maximum Gasteiger partial charge on any atom is 0.317 e. The summed E-state index contributed by atoms with van der Waals surface area (Å²) in [6.45, 7) is 12.6. The smallest absolute Gasteiger partial charge is 0.317 e. The molecular weight excluding hydrogens is 364 g/mol. The van der Waals surface area contributed by atoms with Gasteiger partial charge in [-0.15, -0.1) is 0 Å². The molecule has 0 bridgehead atoms. The molecule has 2 amide bonds. The first-order valence-corrected chi connectivity index (χ1v) is 11.1. The Morgan fingerprint density at radius 2 is 1.83 bits per heavy atom. The van der Waals surface area contributed by atoms with Crippen LogP contribution in [0.2, 0.25) is 0 Å². The lowest BCUT2D eigenvalue weighted by molar-refractivity contribution is 0.117. The summed E-state index contributed by atoms with van der Waals surface area (Å²) in [6.07, 6.45) is 3.45. The predicted molar refractivity (Wildman–Crippen MR) is 118 cm³/mol. The monoisotopic (exact) mass is 402 g/mol. The molecule has 2 fully saturated rings. The standard InChI is InChI=1S/C23H38N4O2/c1-18(16-21-6-5-7-22(17-21)29-4)24-23(28)26-13-10-25(11-14-26)12-15-27-19(2)8-9-20(27)3/h5-7,17-20H,8-16H2,1-4H3,(H,24,28). The van der Waals surface area contributed by atoms with Crippen LogP contribution in [-0.2, 0) is 6.42 Å². The SMILES string of the molecule is COc1cccc(CC(C)NC(=O)N2CCN(CCN3C(C)CCC3C)CC2)c1. The summed E-state index contributed by atoms with van der Waals surface area (Å²) in [4.78, 5) is 19.7. The lowest BCUT2D eigenvalue weighted by Gasteiger charge is -2.37. The van der Waals surface area contributed by atoms with Crippen molar-refractivity contribution in [2.24, 2.45) is 0 Å². The van der Waals surface area contributed by atoms with Gasteiger partial charge in [0.15, 0.2) is 0 Å². The molecule has 1 N–H and O–H groups in total. The minimum Gasteiger partial charge on any atom is -0.497 e. The van der Waals surface area contributed by atoms with Crippen LogP contribution in [0.15, 0.2) is 24.3 Å². The first kappa shape index (κ1) is 21.9. The molecule has 2 heterocycles. The Morgan fingerprint density at radius 1 is 1.14 bits per heavy atom. The fourth-order valence-electron chi connectivity index (χ4n) is 4.63. The molecule has 6 heteroatoms. The Balaban J connectivity index is 1.38. The van der Waals surface area contributed by atoms with Crippen LogP contribution in [-0.4, -0.2) is 85.2 Å². The number of nitrogens with one attached hydrogen (secondary N) is 1. The Kier molecular flexibility index (Phi) is 7.78. The van der Waals surface area contributed by atoms with Gasteiger partial charge in [0.1, 0.15) is 5.75 Å². The second-order valence-corrected chi connectivity index (χ2v) is 8.75. The number of likely N-dealkylation sites (tertiary alicyclic amines) is 1. The first-order valence-electron chi connectivity index (χ1n) is 11.1. The van der Waals surface area contributed by atoms with Crippen LogP contribution >= 0.6 is 0 Å². The Morgan fingerprint density at radius 3 is 2.48 bits per heavy atom. The van der Waals surface area contributed by atoms with Crippen LogP contribution in [0.4, 0.5) is 4.79 Å². The number of hydrogen-bond acceptors (Lipinski definition) is 4. The van der Waals surface area contributed by atoms with E-state index in [1.54, 1.807) is 7.11 Å². The maximum atomic E-state index is 12.6. The molecule has 0 radical (unpaired) electrons. The van der Waals surface area contributed by atoms with Crippen molar-refractivity contribution in [3.63, 3.8) is 0 Å². The molecule has 0 aliphatic carbocycles. The molecule has 2 aliphatic heterocycles. The second-order valence-electron chi connectivity index (χ2n) is 8.75. The van der Waals surface area contributed by atoms with E-state index in [1.165, 1.54) is 18.4 Å². The summed E-state index contributed by atoms with van der Waals surface area (Å²) in [5.41, 5.74) is 1.17. The number of urea groups is 1. The van der Waals surface area contributed by atoms with Crippen molar-refractivity contribution in [3.05, 3.63) is 29.8 Å². The average molecular weight is 403 g/mol. The number of ether oxygens (including phenoxy) is 1. The summed E-state index contributed by atoms with van der Waals surface area (Å²) in [5.74, 6) is 0.856. The molecule has 1 aromatic rings. The van der Waals surface area contributed by atoms with Crippen molar-refractivity contribution in [1.29, 1.82) is 0 Å². The quantitative estimate of drug-likeness (QED) is 0.762. The van der Waals surface area contributed by atoms with Crippen molar-refractivity contribution in [1.82, 2.24) is 20.0 Å². The van der Waals surface area contributed by atoms with Crippen LogP contribution in [0, 0.1) is 0 Å². The van der Waals surface area contributed by atoms with Gasteiger partial charge in [-0.2, -0.15) is 0 Å². The molecule has 2 aliphatic rings. The predicted octanol–water partition coefficient (Wildman–Crippen LogP) is 2.83.